The quantitative estimate of drug-likeness (QED) is 0.642. The molecule has 3 N–H and O–H groups in total. The maximum absolute atomic E-state index is 13.8. The first-order valence-corrected chi connectivity index (χ1v) is 7.88. The second kappa shape index (κ2) is 6.75. The topological polar surface area (TPSA) is 55.1 Å². The molecule has 0 bridgehead atoms. The third-order valence-electron chi connectivity index (χ3n) is 4.39. The molecule has 21 heavy (non-hydrogen) atoms. The summed E-state index contributed by atoms with van der Waals surface area (Å²) < 4.78 is 13.8. The lowest BCUT2D eigenvalue weighted by Gasteiger charge is -2.36. The molecular formula is C16H22ClFN2O. The van der Waals surface area contributed by atoms with Gasteiger partial charge in [-0.05, 0) is 44.5 Å². The zero-order chi connectivity index (χ0) is 15.5. The highest BCUT2D eigenvalue weighted by Gasteiger charge is 2.39. The van der Waals surface area contributed by atoms with E-state index >= 15 is 0 Å². The van der Waals surface area contributed by atoms with Gasteiger partial charge in [-0.25, -0.2) is 4.39 Å². The number of nitrogens with one attached hydrogen (secondary N) is 1. The molecule has 3 nitrogen and oxygen atoms in total. The Morgan fingerprint density at radius 2 is 2.10 bits per heavy atom. The Balaban J connectivity index is 2.33. The Bertz CT molecular complexity index is 504. The maximum atomic E-state index is 13.8. The monoisotopic (exact) mass is 312 g/mol. The van der Waals surface area contributed by atoms with E-state index in [4.69, 9.17) is 17.3 Å². The molecule has 2 rings (SSSR count). The molecule has 5 heteroatoms. The van der Waals surface area contributed by atoms with E-state index in [0.29, 0.717) is 5.56 Å². The van der Waals surface area contributed by atoms with Crippen LogP contribution < -0.4 is 11.1 Å². The van der Waals surface area contributed by atoms with Crippen molar-refractivity contribution in [3.8, 4) is 0 Å². The van der Waals surface area contributed by atoms with Gasteiger partial charge in [0.2, 0.25) is 0 Å². The van der Waals surface area contributed by atoms with Crippen LogP contribution in [0.1, 0.15) is 49.4 Å². The Morgan fingerprint density at radius 3 is 2.67 bits per heavy atom. The summed E-state index contributed by atoms with van der Waals surface area (Å²) in [4.78, 5) is 12.9. The summed E-state index contributed by atoms with van der Waals surface area (Å²) in [6, 6.07) is 2.72. The highest BCUT2D eigenvalue weighted by Crippen LogP contribution is 2.39. The molecule has 0 saturated carbocycles. The summed E-state index contributed by atoms with van der Waals surface area (Å²) in [6.07, 6.45) is 4.45. The number of carbonyl (C=O) groups excluding carboxylic acids is 1. The van der Waals surface area contributed by atoms with Crippen LogP contribution in [0, 0.1) is 11.2 Å². The van der Waals surface area contributed by atoms with Crippen molar-refractivity contribution in [3.05, 3.63) is 28.5 Å². The van der Waals surface area contributed by atoms with Gasteiger partial charge in [0.05, 0.1) is 10.7 Å². The summed E-state index contributed by atoms with van der Waals surface area (Å²) in [6.45, 7) is 3.75. The van der Waals surface area contributed by atoms with Crippen molar-refractivity contribution in [1.29, 1.82) is 0 Å². The minimum Gasteiger partial charge on any atom is -0.395 e. The van der Waals surface area contributed by atoms with Crippen molar-refractivity contribution in [2.45, 2.75) is 39.0 Å². The van der Waals surface area contributed by atoms with Crippen LogP contribution in [0.3, 0.4) is 0 Å². The highest BCUT2D eigenvalue weighted by atomic mass is 35.5. The zero-order valence-electron chi connectivity index (χ0n) is 12.3. The van der Waals surface area contributed by atoms with Crippen molar-refractivity contribution in [1.82, 2.24) is 5.32 Å². The summed E-state index contributed by atoms with van der Waals surface area (Å²) in [5.41, 5.74) is 5.36. The fourth-order valence-electron chi connectivity index (χ4n) is 3.03. The molecule has 1 aliphatic heterocycles. The van der Waals surface area contributed by atoms with E-state index in [1.807, 2.05) is 0 Å². The summed E-state index contributed by atoms with van der Waals surface area (Å²) >= 11 is 5.92. The molecule has 0 aliphatic carbocycles. The lowest BCUT2D eigenvalue weighted by Crippen LogP contribution is -2.42. The molecule has 1 aromatic carbocycles. The molecule has 1 aromatic rings. The lowest BCUT2D eigenvalue weighted by atomic mass is 9.70. The second-order valence-corrected chi connectivity index (χ2v) is 6.22. The molecule has 1 aliphatic rings. The molecule has 116 valence electrons. The highest BCUT2D eigenvalue weighted by molar-refractivity contribution is 6.33. The van der Waals surface area contributed by atoms with Crippen molar-refractivity contribution in [2.24, 2.45) is 5.41 Å². The number of nitrogen functional groups attached to an aromatic ring is 1. The molecule has 0 amide bonds. The van der Waals surface area contributed by atoms with Crippen LogP contribution in [0.25, 0.3) is 0 Å². The fraction of sp³-hybridized carbons (Fsp3) is 0.562. The first-order chi connectivity index (χ1) is 10.00. The standard InChI is InChI=1S/C16H22ClFN2O/c1-2-3-4-16(5-7-20-8-6-16)15(21)11-9-12(17)14(19)13(18)10-11/h9-10,20H,2-8,19H2,1H3. The smallest absolute Gasteiger partial charge is 0.169 e. The number of nitrogens with two attached hydrogens (primary N) is 1. The van der Waals surface area contributed by atoms with Crippen molar-refractivity contribution in [3.63, 3.8) is 0 Å². The molecule has 0 radical (unpaired) electrons. The largest absolute Gasteiger partial charge is 0.395 e. The average Bonchev–Trinajstić information content (AvgIpc) is 2.50. The van der Waals surface area contributed by atoms with E-state index in [1.165, 1.54) is 12.1 Å². The summed E-state index contributed by atoms with van der Waals surface area (Å²) in [7, 11) is 0. The van der Waals surface area contributed by atoms with Crippen LogP contribution in [0.5, 0.6) is 0 Å². The third-order valence-corrected chi connectivity index (χ3v) is 4.71. The van der Waals surface area contributed by atoms with Gasteiger partial charge >= 0.3 is 0 Å². The van der Waals surface area contributed by atoms with Gasteiger partial charge in [-0.2, -0.15) is 0 Å². The Labute approximate surface area is 130 Å². The predicted molar refractivity (Wildman–Crippen MR) is 84.2 cm³/mol. The minimum atomic E-state index is -0.620. The van der Waals surface area contributed by atoms with Gasteiger partial charge in [-0.15, -0.1) is 0 Å². The molecule has 0 atom stereocenters. The molecule has 1 heterocycles. The first-order valence-electron chi connectivity index (χ1n) is 7.50. The number of piperidine rings is 1. The van der Waals surface area contributed by atoms with E-state index < -0.39 is 11.2 Å². The van der Waals surface area contributed by atoms with E-state index in [0.717, 1.165) is 45.2 Å². The first kappa shape index (κ1) is 16.2. The van der Waals surface area contributed by atoms with Gasteiger partial charge in [0.1, 0.15) is 5.82 Å². The predicted octanol–water partition coefficient (Wildman–Crippen LogP) is 3.80. The SMILES string of the molecule is CCCCC1(C(=O)c2cc(F)c(N)c(Cl)c2)CCNCC1. The van der Waals surface area contributed by atoms with E-state index in [1.54, 1.807) is 0 Å². The number of anilines is 1. The summed E-state index contributed by atoms with van der Waals surface area (Å²) in [5, 5.41) is 3.39. The number of unbranched alkanes of at least 4 members (excludes halogenated alkanes) is 1. The molecular weight excluding hydrogens is 291 g/mol. The molecule has 0 spiro atoms. The second-order valence-electron chi connectivity index (χ2n) is 5.82. The fourth-order valence-corrected chi connectivity index (χ4v) is 3.24. The number of carbonyl (C=O) groups is 1. The maximum Gasteiger partial charge on any atom is 0.169 e. The van der Waals surface area contributed by atoms with Crippen LogP contribution in [0.15, 0.2) is 12.1 Å². The number of hydrogen-bond acceptors (Lipinski definition) is 3. The normalized spacial score (nSPS) is 17.7. The third kappa shape index (κ3) is 3.38. The molecule has 1 saturated heterocycles. The van der Waals surface area contributed by atoms with Crippen molar-refractivity contribution < 1.29 is 9.18 Å². The number of rotatable bonds is 5. The van der Waals surface area contributed by atoms with Gasteiger partial charge in [0, 0.05) is 11.0 Å². The Kier molecular flexibility index (Phi) is 5.22. The van der Waals surface area contributed by atoms with Gasteiger partial charge in [-0.3, -0.25) is 4.79 Å². The van der Waals surface area contributed by atoms with Gasteiger partial charge < -0.3 is 11.1 Å². The number of Topliss-reactive ketones (excluding diaryl/α,β-unsaturated/α-hetero) is 1. The Morgan fingerprint density at radius 1 is 1.43 bits per heavy atom. The summed E-state index contributed by atoms with van der Waals surface area (Å²) in [5.74, 6) is -0.622. The van der Waals surface area contributed by atoms with Gasteiger partial charge in [0.15, 0.2) is 5.78 Å². The minimum absolute atomic E-state index is 0.00162. The number of benzene rings is 1. The van der Waals surface area contributed by atoms with Crippen LogP contribution in [0.2, 0.25) is 5.02 Å². The van der Waals surface area contributed by atoms with Gasteiger partial charge in [0.25, 0.3) is 0 Å². The molecule has 0 unspecified atom stereocenters. The van der Waals surface area contributed by atoms with Crippen molar-refractivity contribution >= 4 is 23.1 Å². The number of hydrogen-bond donors (Lipinski definition) is 2. The average molecular weight is 313 g/mol. The molecule has 0 aromatic heterocycles. The lowest BCUT2D eigenvalue weighted by molar-refractivity contribution is 0.0700. The van der Waals surface area contributed by atoms with Crippen LogP contribution in [-0.4, -0.2) is 18.9 Å². The molecule has 1 fully saturated rings. The van der Waals surface area contributed by atoms with E-state index in [-0.39, 0.29) is 16.5 Å². The number of ketones is 1. The van der Waals surface area contributed by atoms with Crippen LogP contribution >= 0.6 is 11.6 Å². The van der Waals surface area contributed by atoms with E-state index in [2.05, 4.69) is 12.2 Å². The zero-order valence-corrected chi connectivity index (χ0v) is 13.1. The van der Waals surface area contributed by atoms with E-state index in [9.17, 15) is 9.18 Å². The van der Waals surface area contributed by atoms with Crippen molar-refractivity contribution in [2.75, 3.05) is 18.8 Å². The Hall–Kier alpha value is -1.13. The van der Waals surface area contributed by atoms with Crippen LogP contribution in [-0.2, 0) is 0 Å². The number of halogens is 2. The van der Waals surface area contributed by atoms with Crippen LogP contribution in [0.4, 0.5) is 10.1 Å². The van der Waals surface area contributed by atoms with Gasteiger partial charge in [-0.1, -0.05) is 31.4 Å².